The summed E-state index contributed by atoms with van der Waals surface area (Å²) >= 11 is 0. The molecule has 0 aromatic heterocycles. The predicted molar refractivity (Wildman–Crippen MR) is 73.0 cm³/mol. The third-order valence-corrected chi connectivity index (χ3v) is 3.70. The van der Waals surface area contributed by atoms with Gasteiger partial charge >= 0.3 is 0 Å². The maximum absolute atomic E-state index is 14.1. The van der Waals surface area contributed by atoms with E-state index >= 15 is 0 Å². The van der Waals surface area contributed by atoms with E-state index in [1.807, 2.05) is 18.7 Å². The average Bonchev–Trinajstić information content (AvgIpc) is 2.43. The van der Waals surface area contributed by atoms with Gasteiger partial charge in [-0.3, -0.25) is 4.90 Å². The first-order valence-electron chi connectivity index (χ1n) is 7.09. The van der Waals surface area contributed by atoms with E-state index in [-0.39, 0.29) is 11.5 Å². The Bertz CT molecular complexity index is 457. The molecule has 0 spiro atoms. The lowest BCUT2D eigenvalue weighted by Gasteiger charge is -2.36. The Balaban J connectivity index is 2.37. The van der Waals surface area contributed by atoms with Crippen LogP contribution in [0.5, 0.6) is 0 Å². The van der Waals surface area contributed by atoms with Crippen molar-refractivity contribution < 1.29 is 13.2 Å². The third-order valence-electron chi connectivity index (χ3n) is 3.70. The molecule has 1 fully saturated rings. The van der Waals surface area contributed by atoms with Crippen LogP contribution in [0.25, 0.3) is 0 Å². The van der Waals surface area contributed by atoms with Crippen molar-refractivity contribution in [2.24, 2.45) is 5.92 Å². The Labute approximate surface area is 118 Å². The zero-order valence-electron chi connectivity index (χ0n) is 11.9. The fourth-order valence-electron chi connectivity index (χ4n) is 2.74. The first kappa shape index (κ1) is 15.3. The summed E-state index contributed by atoms with van der Waals surface area (Å²) in [6.07, 6.45) is 0.608. The minimum Gasteiger partial charge on any atom is -0.314 e. The van der Waals surface area contributed by atoms with E-state index in [4.69, 9.17) is 0 Å². The van der Waals surface area contributed by atoms with Crippen LogP contribution in [0.15, 0.2) is 12.1 Å². The highest BCUT2D eigenvalue weighted by Gasteiger charge is 2.29. The largest absolute Gasteiger partial charge is 0.314 e. The molecule has 0 amide bonds. The van der Waals surface area contributed by atoms with Crippen LogP contribution < -0.4 is 5.32 Å². The topological polar surface area (TPSA) is 15.3 Å². The summed E-state index contributed by atoms with van der Waals surface area (Å²) < 4.78 is 41.5. The minimum atomic E-state index is -1.05. The van der Waals surface area contributed by atoms with E-state index < -0.39 is 23.5 Å². The number of hydrogen-bond acceptors (Lipinski definition) is 2. The number of nitrogens with zero attached hydrogens (tertiary/aromatic N) is 1. The van der Waals surface area contributed by atoms with Crippen molar-refractivity contribution in [2.45, 2.75) is 26.3 Å². The molecule has 1 N–H and O–H groups in total. The molecule has 2 nitrogen and oxygen atoms in total. The standard InChI is InChI=1S/C15H21F3N2/c1-10(2)9-13(20-7-5-19-6-8-20)14-11(16)3-4-12(17)15(14)18/h3-4,10,13,19H,5-9H2,1-2H3/t13-/m0/s1. The van der Waals surface area contributed by atoms with Crippen molar-refractivity contribution in [1.82, 2.24) is 10.2 Å². The number of benzene rings is 1. The lowest BCUT2D eigenvalue weighted by Crippen LogP contribution is -2.45. The lowest BCUT2D eigenvalue weighted by atomic mass is 9.94. The highest BCUT2D eigenvalue weighted by atomic mass is 19.2. The van der Waals surface area contributed by atoms with Crippen LogP contribution in [0, 0.1) is 23.4 Å². The van der Waals surface area contributed by atoms with Gasteiger partial charge in [-0.1, -0.05) is 13.8 Å². The fraction of sp³-hybridized carbons (Fsp3) is 0.600. The quantitative estimate of drug-likeness (QED) is 0.856. The molecule has 1 heterocycles. The van der Waals surface area contributed by atoms with Gasteiger partial charge in [0.05, 0.1) is 0 Å². The van der Waals surface area contributed by atoms with E-state index in [9.17, 15) is 13.2 Å². The van der Waals surface area contributed by atoms with Gasteiger partial charge in [0, 0.05) is 37.8 Å². The Morgan fingerprint density at radius 2 is 1.70 bits per heavy atom. The lowest BCUT2D eigenvalue weighted by molar-refractivity contribution is 0.147. The molecule has 0 radical (unpaired) electrons. The fourth-order valence-corrected chi connectivity index (χ4v) is 2.74. The van der Waals surface area contributed by atoms with E-state index in [1.54, 1.807) is 0 Å². The van der Waals surface area contributed by atoms with Gasteiger partial charge in [0.25, 0.3) is 0 Å². The molecule has 2 rings (SSSR count). The second-order valence-electron chi connectivity index (χ2n) is 5.69. The highest BCUT2D eigenvalue weighted by Crippen LogP contribution is 2.32. The molecule has 0 unspecified atom stereocenters. The molecule has 1 aliphatic rings. The van der Waals surface area contributed by atoms with E-state index in [1.165, 1.54) is 0 Å². The van der Waals surface area contributed by atoms with Crippen molar-refractivity contribution in [3.8, 4) is 0 Å². The maximum atomic E-state index is 14.1. The summed E-state index contributed by atoms with van der Waals surface area (Å²) in [6, 6.07) is 1.45. The summed E-state index contributed by atoms with van der Waals surface area (Å²) in [7, 11) is 0. The summed E-state index contributed by atoms with van der Waals surface area (Å²) in [4.78, 5) is 2.04. The van der Waals surface area contributed by atoms with Gasteiger partial charge < -0.3 is 5.32 Å². The van der Waals surface area contributed by atoms with Gasteiger partial charge in [0.15, 0.2) is 11.6 Å². The van der Waals surface area contributed by atoms with Crippen molar-refractivity contribution in [3.05, 3.63) is 35.1 Å². The van der Waals surface area contributed by atoms with Gasteiger partial charge in [-0.25, -0.2) is 13.2 Å². The summed E-state index contributed by atoms with van der Waals surface area (Å²) in [5.74, 6) is -2.41. The van der Waals surface area contributed by atoms with Crippen molar-refractivity contribution in [1.29, 1.82) is 0 Å². The Morgan fingerprint density at radius 1 is 1.10 bits per heavy atom. The number of piperazine rings is 1. The molecule has 0 bridgehead atoms. The second kappa shape index (κ2) is 6.59. The second-order valence-corrected chi connectivity index (χ2v) is 5.69. The molecule has 20 heavy (non-hydrogen) atoms. The highest BCUT2D eigenvalue weighted by molar-refractivity contribution is 5.25. The number of rotatable bonds is 4. The minimum absolute atomic E-state index is 0.124. The zero-order valence-corrected chi connectivity index (χ0v) is 11.9. The Morgan fingerprint density at radius 3 is 2.30 bits per heavy atom. The van der Waals surface area contributed by atoms with Gasteiger partial charge in [-0.15, -0.1) is 0 Å². The molecule has 1 atom stereocenters. The summed E-state index contributed by atoms with van der Waals surface area (Å²) in [5, 5.41) is 3.21. The molecule has 112 valence electrons. The van der Waals surface area contributed by atoms with Crippen LogP contribution in [0.3, 0.4) is 0 Å². The molecular weight excluding hydrogens is 265 g/mol. The normalized spacial score (nSPS) is 18.5. The summed E-state index contributed by atoms with van der Waals surface area (Å²) in [6.45, 7) is 7.01. The van der Waals surface area contributed by atoms with E-state index in [0.717, 1.165) is 25.2 Å². The first-order valence-corrected chi connectivity index (χ1v) is 7.09. The van der Waals surface area contributed by atoms with Crippen LogP contribution in [-0.2, 0) is 0 Å². The third kappa shape index (κ3) is 3.33. The van der Waals surface area contributed by atoms with Crippen LogP contribution in [0.2, 0.25) is 0 Å². The van der Waals surface area contributed by atoms with Gasteiger partial charge in [-0.05, 0) is 24.5 Å². The predicted octanol–water partition coefficient (Wildman–Crippen LogP) is 3.10. The first-order chi connectivity index (χ1) is 9.50. The molecule has 0 saturated carbocycles. The van der Waals surface area contributed by atoms with E-state index in [2.05, 4.69) is 5.32 Å². The molecule has 1 aliphatic heterocycles. The Hall–Kier alpha value is -1.07. The number of halogens is 3. The maximum Gasteiger partial charge on any atom is 0.166 e. The van der Waals surface area contributed by atoms with Gasteiger partial charge in [-0.2, -0.15) is 0 Å². The molecule has 5 heteroatoms. The van der Waals surface area contributed by atoms with Gasteiger partial charge in [0.2, 0.25) is 0 Å². The molecule has 1 aromatic rings. The molecule has 0 aliphatic carbocycles. The van der Waals surface area contributed by atoms with Crippen molar-refractivity contribution in [2.75, 3.05) is 26.2 Å². The van der Waals surface area contributed by atoms with Gasteiger partial charge in [0.1, 0.15) is 5.82 Å². The average molecular weight is 286 g/mol. The molecule has 1 aromatic carbocycles. The zero-order chi connectivity index (χ0) is 14.7. The van der Waals surface area contributed by atoms with E-state index in [0.29, 0.717) is 19.5 Å². The Kier molecular flexibility index (Phi) is 5.05. The van der Waals surface area contributed by atoms with Crippen LogP contribution >= 0.6 is 0 Å². The molecule has 1 saturated heterocycles. The SMILES string of the molecule is CC(C)C[C@@H](c1c(F)ccc(F)c1F)N1CCNCC1. The molecular formula is C15H21F3N2. The number of hydrogen-bond donors (Lipinski definition) is 1. The van der Waals surface area contributed by atoms with Crippen molar-refractivity contribution >= 4 is 0 Å². The van der Waals surface area contributed by atoms with Crippen LogP contribution in [0.1, 0.15) is 31.9 Å². The smallest absolute Gasteiger partial charge is 0.166 e. The van der Waals surface area contributed by atoms with Crippen LogP contribution in [-0.4, -0.2) is 31.1 Å². The van der Waals surface area contributed by atoms with Crippen molar-refractivity contribution in [3.63, 3.8) is 0 Å². The summed E-state index contributed by atoms with van der Waals surface area (Å²) in [5.41, 5.74) is -0.124. The van der Waals surface area contributed by atoms with Crippen LogP contribution in [0.4, 0.5) is 13.2 Å². The monoisotopic (exact) mass is 286 g/mol. The number of nitrogens with one attached hydrogen (secondary N) is 1.